The third-order valence-corrected chi connectivity index (χ3v) is 4.09. The summed E-state index contributed by atoms with van der Waals surface area (Å²) in [6.45, 7) is 3.64. The maximum atomic E-state index is 13.7. The van der Waals surface area contributed by atoms with Gasteiger partial charge in [0.2, 0.25) is 0 Å². The molecular formula is C21H14F4O2. The molecule has 0 saturated carbocycles. The molecule has 0 atom stereocenters. The maximum absolute atomic E-state index is 13.7. The number of ether oxygens (including phenoxy) is 1. The first-order chi connectivity index (χ1) is 12.8. The van der Waals surface area contributed by atoms with Crippen LogP contribution in [-0.2, 0) is 0 Å². The number of carbonyl (C=O) groups excluding carboxylic acids is 1. The van der Waals surface area contributed by atoms with Crippen LogP contribution >= 0.6 is 0 Å². The van der Waals surface area contributed by atoms with Gasteiger partial charge < -0.3 is 4.74 Å². The highest BCUT2D eigenvalue weighted by atomic mass is 19.2. The average molecular weight is 374 g/mol. The molecule has 3 aromatic carbocycles. The Hall–Kier alpha value is -3.15. The van der Waals surface area contributed by atoms with E-state index in [0.717, 1.165) is 16.7 Å². The van der Waals surface area contributed by atoms with E-state index in [1.165, 1.54) is 6.07 Å². The van der Waals surface area contributed by atoms with Crippen molar-refractivity contribution in [3.63, 3.8) is 0 Å². The highest BCUT2D eigenvalue weighted by molar-refractivity contribution is 5.91. The Morgan fingerprint density at radius 2 is 1.41 bits per heavy atom. The first kappa shape index (κ1) is 18.6. The lowest BCUT2D eigenvalue weighted by molar-refractivity contribution is 0.0726. The van der Waals surface area contributed by atoms with Crippen LogP contribution in [0.4, 0.5) is 17.6 Å². The number of benzene rings is 3. The number of hydrogen-bond acceptors (Lipinski definition) is 2. The van der Waals surface area contributed by atoms with Crippen molar-refractivity contribution in [3.8, 4) is 16.9 Å². The van der Waals surface area contributed by atoms with Gasteiger partial charge in [0.15, 0.2) is 23.3 Å². The molecule has 0 bridgehead atoms. The van der Waals surface area contributed by atoms with Crippen molar-refractivity contribution in [1.82, 2.24) is 0 Å². The van der Waals surface area contributed by atoms with Crippen LogP contribution in [0.25, 0.3) is 11.1 Å². The fourth-order valence-corrected chi connectivity index (χ4v) is 2.57. The summed E-state index contributed by atoms with van der Waals surface area (Å²) in [5, 5.41) is 0. The van der Waals surface area contributed by atoms with Crippen molar-refractivity contribution >= 4 is 5.97 Å². The van der Waals surface area contributed by atoms with Gasteiger partial charge in [0.1, 0.15) is 11.3 Å². The van der Waals surface area contributed by atoms with Gasteiger partial charge >= 0.3 is 5.97 Å². The first-order valence-corrected chi connectivity index (χ1v) is 8.01. The second kappa shape index (κ2) is 7.23. The van der Waals surface area contributed by atoms with Crippen molar-refractivity contribution in [2.45, 2.75) is 13.8 Å². The van der Waals surface area contributed by atoms with E-state index in [9.17, 15) is 22.4 Å². The Morgan fingerprint density at radius 1 is 0.778 bits per heavy atom. The molecule has 0 N–H and O–H groups in total. The third kappa shape index (κ3) is 3.69. The standard InChI is InChI=1S/C21H14F4O2/c1-11-3-5-13(6-4-11)14-7-8-17(12(2)9-14)27-21(26)15-10-16(22)19(24)20(25)18(15)23/h3-10H,1-2H3. The first-order valence-electron chi connectivity index (χ1n) is 8.01. The molecule has 0 aliphatic rings. The molecule has 3 aromatic rings. The second-order valence-electron chi connectivity index (χ2n) is 6.08. The molecule has 138 valence electrons. The zero-order valence-electron chi connectivity index (χ0n) is 14.4. The monoisotopic (exact) mass is 374 g/mol. The molecule has 0 aliphatic heterocycles. The molecule has 27 heavy (non-hydrogen) atoms. The number of halogens is 4. The van der Waals surface area contributed by atoms with E-state index in [2.05, 4.69) is 0 Å². The van der Waals surface area contributed by atoms with Gasteiger partial charge in [0.25, 0.3) is 0 Å². The molecule has 6 heteroatoms. The molecule has 3 rings (SSSR count). The molecule has 0 heterocycles. The minimum absolute atomic E-state index is 0.0976. The lowest BCUT2D eigenvalue weighted by Crippen LogP contribution is -2.14. The summed E-state index contributed by atoms with van der Waals surface area (Å²) in [7, 11) is 0. The van der Waals surface area contributed by atoms with Gasteiger partial charge in [-0.2, -0.15) is 0 Å². The van der Waals surface area contributed by atoms with Crippen LogP contribution in [0, 0.1) is 37.1 Å². The lowest BCUT2D eigenvalue weighted by Gasteiger charge is -2.11. The number of carbonyl (C=O) groups is 1. The molecule has 0 saturated heterocycles. The summed E-state index contributed by atoms with van der Waals surface area (Å²) in [6, 6.07) is 13.0. The second-order valence-corrected chi connectivity index (χ2v) is 6.08. The van der Waals surface area contributed by atoms with E-state index in [1.54, 1.807) is 19.1 Å². The van der Waals surface area contributed by atoms with Crippen LogP contribution < -0.4 is 4.74 Å². The van der Waals surface area contributed by atoms with E-state index < -0.39 is 34.8 Å². The molecule has 2 nitrogen and oxygen atoms in total. The number of esters is 1. The number of aryl methyl sites for hydroxylation is 2. The minimum Gasteiger partial charge on any atom is -0.423 e. The Bertz CT molecular complexity index is 1030. The Kier molecular flexibility index (Phi) is 4.99. The highest BCUT2D eigenvalue weighted by Gasteiger charge is 2.24. The summed E-state index contributed by atoms with van der Waals surface area (Å²) in [4.78, 5) is 12.1. The molecule has 0 unspecified atom stereocenters. The van der Waals surface area contributed by atoms with E-state index in [0.29, 0.717) is 5.56 Å². The summed E-state index contributed by atoms with van der Waals surface area (Å²) >= 11 is 0. The van der Waals surface area contributed by atoms with Crippen LogP contribution in [0.3, 0.4) is 0 Å². The quantitative estimate of drug-likeness (QED) is 0.192. The smallest absolute Gasteiger partial charge is 0.346 e. The van der Waals surface area contributed by atoms with E-state index >= 15 is 0 Å². The van der Waals surface area contributed by atoms with E-state index in [-0.39, 0.29) is 11.8 Å². The van der Waals surface area contributed by atoms with E-state index in [1.807, 2.05) is 31.2 Å². The van der Waals surface area contributed by atoms with Gasteiger partial charge in [-0.05, 0) is 48.7 Å². The van der Waals surface area contributed by atoms with Crippen LogP contribution in [0.15, 0.2) is 48.5 Å². The van der Waals surface area contributed by atoms with E-state index in [4.69, 9.17) is 4.74 Å². The maximum Gasteiger partial charge on any atom is 0.346 e. The normalized spacial score (nSPS) is 10.7. The number of rotatable bonds is 3. The Labute approximate surface area is 153 Å². The molecule has 0 amide bonds. The van der Waals surface area contributed by atoms with Gasteiger partial charge in [0.05, 0.1) is 0 Å². The molecule has 0 aliphatic carbocycles. The average Bonchev–Trinajstić information content (AvgIpc) is 2.65. The minimum atomic E-state index is -2.06. The van der Waals surface area contributed by atoms with Gasteiger partial charge in [-0.25, -0.2) is 22.4 Å². The van der Waals surface area contributed by atoms with Crippen LogP contribution in [0.1, 0.15) is 21.5 Å². The molecule has 0 fully saturated rings. The predicted molar refractivity (Wildman–Crippen MR) is 92.6 cm³/mol. The molecule has 0 aromatic heterocycles. The largest absolute Gasteiger partial charge is 0.423 e. The number of hydrogen-bond donors (Lipinski definition) is 0. The predicted octanol–water partition coefficient (Wildman–Crippen LogP) is 5.75. The fraction of sp³-hybridized carbons (Fsp3) is 0.0952. The Morgan fingerprint density at radius 3 is 2.04 bits per heavy atom. The van der Waals surface area contributed by atoms with Crippen LogP contribution in [0.5, 0.6) is 5.75 Å². The van der Waals surface area contributed by atoms with Crippen molar-refractivity contribution in [2.24, 2.45) is 0 Å². The highest BCUT2D eigenvalue weighted by Crippen LogP contribution is 2.28. The molecular weight excluding hydrogens is 360 g/mol. The zero-order chi connectivity index (χ0) is 19.7. The fourth-order valence-electron chi connectivity index (χ4n) is 2.57. The van der Waals surface area contributed by atoms with Gasteiger partial charge in [-0.3, -0.25) is 0 Å². The van der Waals surface area contributed by atoms with Gasteiger partial charge in [-0.15, -0.1) is 0 Å². The molecule has 0 spiro atoms. The summed E-state index contributed by atoms with van der Waals surface area (Å²) in [6.07, 6.45) is 0. The van der Waals surface area contributed by atoms with Crippen molar-refractivity contribution < 1.29 is 27.1 Å². The topological polar surface area (TPSA) is 26.3 Å². The van der Waals surface area contributed by atoms with Crippen LogP contribution in [-0.4, -0.2) is 5.97 Å². The molecule has 0 radical (unpaired) electrons. The van der Waals surface area contributed by atoms with Crippen molar-refractivity contribution in [3.05, 3.63) is 88.5 Å². The summed E-state index contributed by atoms with van der Waals surface area (Å²) < 4.78 is 58.4. The lowest BCUT2D eigenvalue weighted by atomic mass is 10.0. The summed E-state index contributed by atoms with van der Waals surface area (Å²) in [5.74, 6) is -8.74. The third-order valence-electron chi connectivity index (χ3n) is 4.09. The van der Waals surface area contributed by atoms with Crippen LogP contribution in [0.2, 0.25) is 0 Å². The van der Waals surface area contributed by atoms with Crippen molar-refractivity contribution in [2.75, 3.05) is 0 Å². The van der Waals surface area contributed by atoms with Gasteiger partial charge in [-0.1, -0.05) is 35.9 Å². The van der Waals surface area contributed by atoms with Crippen molar-refractivity contribution in [1.29, 1.82) is 0 Å². The summed E-state index contributed by atoms with van der Waals surface area (Å²) in [5.41, 5.74) is 2.48. The zero-order valence-corrected chi connectivity index (χ0v) is 14.4. The SMILES string of the molecule is Cc1ccc(-c2ccc(OC(=O)c3cc(F)c(F)c(F)c3F)c(C)c2)cc1. The van der Waals surface area contributed by atoms with Gasteiger partial charge in [0, 0.05) is 0 Å². The Balaban J connectivity index is 1.88.